The molecular weight excluding hydrogens is 190 g/mol. The van der Waals surface area contributed by atoms with Gasteiger partial charge in [-0.3, -0.25) is 0 Å². The van der Waals surface area contributed by atoms with Crippen LogP contribution in [0.1, 0.15) is 20.8 Å². The summed E-state index contributed by atoms with van der Waals surface area (Å²) in [5, 5.41) is 0. The summed E-state index contributed by atoms with van der Waals surface area (Å²) in [5.41, 5.74) is -0.625. The summed E-state index contributed by atoms with van der Waals surface area (Å²) >= 11 is 0. The molecule has 5 heteroatoms. The minimum Gasteiger partial charge on any atom is -0.445 e. The molecule has 0 heterocycles. The van der Waals surface area contributed by atoms with Crippen molar-refractivity contribution in [3.8, 4) is 0 Å². The molecule has 0 amide bonds. The Bertz CT molecular complexity index is 201. The third-order valence-electron chi connectivity index (χ3n) is 2.58. The van der Waals surface area contributed by atoms with Crippen LogP contribution in [0.3, 0.4) is 0 Å². The fraction of sp³-hybridized carbons (Fsp3) is 0.778. The molecule has 1 atom stereocenters. The number of likely N-dealkylation sites (N-methyl/N-ethyl adjacent to an activating group) is 1. The first kappa shape index (κ1) is 13.6. The lowest BCUT2D eigenvalue weighted by atomic mass is 9.80. The van der Waals surface area contributed by atoms with Gasteiger partial charge in [-0.2, -0.15) is 0 Å². The molecule has 84 valence electrons. The van der Waals surface area contributed by atoms with Crippen molar-refractivity contribution < 1.29 is 12.9 Å². The Morgan fingerprint density at radius 3 is 2.00 bits per heavy atom. The van der Waals surface area contributed by atoms with Crippen LogP contribution in [0.2, 0.25) is 0 Å². The number of hydrogen-bond donors (Lipinski definition) is 0. The van der Waals surface area contributed by atoms with E-state index in [9.17, 15) is 12.9 Å². The molecule has 0 aromatic rings. The van der Waals surface area contributed by atoms with Gasteiger partial charge in [0.15, 0.2) is 0 Å². The summed E-state index contributed by atoms with van der Waals surface area (Å²) in [6, 6.07) is 0.130. The lowest BCUT2D eigenvalue weighted by molar-refractivity contribution is 0.224. The molecule has 0 spiro atoms. The van der Waals surface area contributed by atoms with E-state index in [1.807, 2.05) is 20.8 Å². The smallest absolute Gasteiger partial charge is 0.445 e. The van der Waals surface area contributed by atoms with Crippen molar-refractivity contribution in [2.45, 2.75) is 26.8 Å². The molecule has 0 fully saturated rings. The van der Waals surface area contributed by atoms with Gasteiger partial charge in [0.25, 0.3) is 0 Å². The van der Waals surface area contributed by atoms with Crippen LogP contribution in [0, 0.1) is 5.92 Å². The van der Waals surface area contributed by atoms with Gasteiger partial charge < -0.3 is 17.8 Å². The van der Waals surface area contributed by atoms with E-state index in [1.54, 1.807) is 11.9 Å². The van der Waals surface area contributed by atoms with Gasteiger partial charge >= 0.3 is 6.98 Å². The second-order valence-electron chi connectivity index (χ2n) is 4.13. The zero-order valence-corrected chi connectivity index (χ0v) is 9.23. The van der Waals surface area contributed by atoms with E-state index < -0.39 is 12.4 Å². The molecule has 1 unspecified atom stereocenters. The quantitative estimate of drug-likeness (QED) is 0.628. The summed E-state index contributed by atoms with van der Waals surface area (Å²) in [6.07, 6.45) is 0. The van der Waals surface area contributed by atoms with Crippen molar-refractivity contribution >= 4 is 6.98 Å². The molecule has 0 saturated heterocycles. The molecule has 0 aliphatic carbocycles. The highest BCUT2D eigenvalue weighted by Gasteiger charge is 2.28. The lowest BCUT2D eigenvalue weighted by Gasteiger charge is -2.31. The maximum absolute atomic E-state index is 12.2. The fourth-order valence-corrected chi connectivity index (χ4v) is 1.08. The van der Waals surface area contributed by atoms with Gasteiger partial charge in [-0.15, -0.1) is 12.1 Å². The molecule has 14 heavy (non-hydrogen) atoms. The Labute approximate surface area is 84.0 Å². The summed E-state index contributed by atoms with van der Waals surface area (Å²) in [4.78, 5) is 1.68. The van der Waals surface area contributed by atoms with E-state index in [2.05, 4.69) is 6.58 Å². The van der Waals surface area contributed by atoms with Crippen LogP contribution >= 0.6 is 0 Å². The van der Waals surface area contributed by atoms with Crippen molar-refractivity contribution in [1.29, 1.82) is 0 Å². The maximum atomic E-state index is 12.2. The van der Waals surface area contributed by atoms with Gasteiger partial charge in [0.1, 0.15) is 0 Å². The zero-order chi connectivity index (χ0) is 11.5. The predicted octanol–water partition coefficient (Wildman–Crippen LogP) is 2.91. The van der Waals surface area contributed by atoms with Crippen LogP contribution in [-0.2, 0) is 0 Å². The number of halogens is 3. The highest BCUT2D eigenvalue weighted by Crippen LogP contribution is 2.20. The first-order valence-corrected chi connectivity index (χ1v) is 4.74. The number of hydrogen-bond acceptors (Lipinski definition) is 1. The van der Waals surface area contributed by atoms with Gasteiger partial charge in [-0.25, -0.2) is 0 Å². The van der Waals surface area contributed by atoms with Crippen LogP contribution in [0.25, 0.3) is 0 Å². The normalized spacial score (nSPS) is 14.9. The Balaban J connectivity index is 4.20. The SMILES string of the molecule is C=C(CN(C)C(C)C(C)C)[B-](F)(F)F. The fourth-order valence-electron chi connectivity index (χ4n) is 1.08. The number of nitrogens with zero attached hydrogens (tertiary/aromatic N) is 1. The summed E-state index contributed by atoms with van der Waals surface area (Å²) in [7, 11) is 1.69. The van der Waals surface area contributed by atoms with Crippen LogP contribution in [0.15, 0.2) is 12.1 Å². The minimum atomic E-state index is -4.89. The van der Waals surface area contributed by atoms with Crippen molar-refractivity contribution in [3.05, 3.63) is 12.1 Å². The minimum absolute atomic E-state index is 0.0944. The van der Waals surface area contributed by atoms with E-state index in [4.69, 9.17) is 0 Å². The molecule has 0 radical (unpaired) electrons. The van der Waals surface area contributed by atoms with Crippen LogP contribution in [0.4, 0.5) is 12.9 Å². The molecule has 0 bridgehead atoms. The third-order valence-corrected chi connectivity index (χ3v) is 2.58. The first-order chi connectivity index (χ1) is 6.16. The van der Waals surface area contributed by atoms with Crippen LogP contribution < -0.4 is 0 Å². The second kappa shape index (κ2) is 4.87. The van der Waals surface area contributed by atoms with Gasteiger partial charge in [0.2, 0.25) is 0 Å². The lowest BCUT2D eigenvalue weighted by Crippen LogP contribution is -2.38. The van der Waals surface area contributed by atoms with E-state index in [0.717, 1.165) is 0 Å². The third kappa shape index (κ3) is 4.18. The Hall–Kier alpha value is -0.445. The topological polar surface area (TPSA) is 3.24 Å². The zero-order valence-electron chi connectivity index (χ0n) is 9.23. The largest absolute Gasteiger partial charge is 0.506 e. The average molecular weight is 208 g/mol. The average Bonchev–Trinajstić information content (AvgIpc) is 2.00. The highest BCUT2D eigenvalue weighted by molar-refractivity contribution is 6.66. The van der Waals surface area contributed by atoms with Gasteiger partial charge in [-0.1, -0.05) is 13.8 Å². The second-order valence-corrected chi connectivity index (χ2v) is 4.13. The van der Waals surface area contributed by atoms with Crippen molar-refractivity contribution in [1.82, 2.24) is 4.90 Å². The van der Waals surface area contributed by atoms with Crippen molar-refractivity contribution in [2.75, 3.05) is 13.6 Å². The van der Waals surface area contributed by atoms with E-state index >= 15 is 0 Å². The van der Waals surface area contributed by atoms with Crippen LogP contribution in [-0.4, -0.2) is 31.5 Å². The monoisotopic (exact) mass is 208 g/mol. The molecule has 1 nitrogen and oxygen atoms in total. The first-order valence-electron chi connectivity index (χ1n) is 4.74. The summed E-state index contributed by atoms with van der Waals surface area (Å²) in [6.45, 7) is 3.98. The van der Waals surface area contributed by atoms with E-state index in [-0.39, 0.29) is 12.6 Å². The molecule has 0 saturated carbocycles. The summed E-state index contributed by atoms with van der Waals surface area (Å²) in [5.74, 6) is 0.341. The van der Waals surface area contributed by atoms with Crippen molar-refractivity contribution in [3.63, 3.8) is 0 Å². The molecule has 0 aromatic carbocycles. The standard InChI is InChI=1S/C9H18BF3N/c1-7(2)9(4)14(5)6-8(3)10(11,12)13/h7,9H,3,6H2,1-2,4-5H3/q-1. The van der Waals surface area contributed by atoms with Crippen LogP contribution in [0.5, 0.6) is 0 Å². The Morgan fingerprint density at radius 2 is 1.71 bits per heavy atom. The predicted molar refractivity (Wildman–Crippen MR) is 55.1 cm³/mol. The Kier molecular flexibility index (Phi) is 4.71. The molecular formula is C9H18BF3N-. The maximum Gasteiger partial charge on any atom is 0.506 e. The molecule has 0 aliphatic heterocycles. The van der Waals surface area contributed by atoms with E-state index in [0.29, 0.717) is 5.92 Å². The van der Waals surface area contributed by atoms with E-state index in [1.165, 1.54) is 0 Å². The Morgan fingerprint density at radius 1 is 1.29 bits per heavy atom. The molecule has 0 aromatic heterocycles. The highest BCUT2D eigenvalue weighted by atomic mass is 19.4. The summed E-state index contributed by atoms with van der Waals surface area (Å²) < 4.78 is 36.6. The van der Waals surface area contributed by atoms with Gasteiger partial charge in [-0.05, 0) is 26.4 Å². The van der Waals surface area contributed by atoms with Crippen molar-refractivity contribution in [2.24, 2.45) is 5.92 Å². The molecule has 0 aliphatic rings. The van der Waals surface area contributed by atoms with Gasteiger partial charge in [0.05, 0.1) is 0 Å². The van der Waals surface area contributed by atoms with Gasteiger partial charge in [0, 0.05) is 6.04 Å². The number of rotatable bonds is 5. The molecule has 0 N–H and O–H groups in total. The molecule has 0 rings (SSSR count).